The Bertz CT molecular complexity index is 772. The Morgan fingerprint density at radius 2 is 1.68 bits per heavy atom. The van der Waals surface area contributed by atoms with Gasteiger partial charge in [-0.3, -0.25) is 20.2 Å². The molecule has 110 valence electrons. The number of hydrogen-bond acceptors (Lipinski definition) is 6. The van der Waals surface area contributed by atoms with Crippen LogP contribution in [-0.2, 0) is 0 Å². The van der Waals surface area contributed by atoms with Crippen molar-refractivity contribution < 1.29 is 9.85 Å². The summed E-state index contributed by atoms with van der Waals surface area (Å²) in [5.41, 5.74) is 0.100. The van der Waals surface area contributed by atoms with Gasteiger partial charge < -0.3 is 0 Å². The van der Waals surface area contributed by atoms with E-state index in [2.05, 4.69) is 16.8 Å². The van der Waals surface area contributed by atoms with Crippen LogP contribution in [0.3, 0.4) is 0 Å². The quantitative estimate of drug-likeness (QED) is 0.466. The van der Waals surface area contributed by atoms with Crippen LogP contribution in [0.4, 0.5) is 17.1 Å². The van der Waals surface area contributed by atoms with Crippen LogP contribution in [0.25, 0.3) is 5.70 Å². The first-order chi connectivity index (χ1) is 10.5. The van der Waals surface area contributed by atoms with E-state index in [-0.39, 0.29) is 11.4 Å². The number of non-ortho nitro benzene ring substituents is 1. The lowest BCUT2D eigenvalue weighted by Gasteiger charge is -1.99. The van der Waals surface area contributed by atoms with Crippen LogP contribution in [0.5, 0.6) is 0 Å². The summed E-state index contributed by atoms with van der Waals surface area (Å²) in [6.45, 7) is 3.72. The van der Waals surface area contributed by atoms with E-state index in [4.69, 9.17) is 0 Å². The van der Waals surface area contributed by atoms with Crippen LogP contribution in [0.2, 0.25) is 0 Å². The molecule has 0 radical (unpaired) electrons. The highest BCUT2D eigenvalue weighted by Crippen LogP contribution is 2.32. The fraction of sp³-hybridized carbons (Fsp3) is 0. The lowest BCUT2D eigenvalue weighted by Crippen LogP contribution is -1.92. The first kappa shape index (κ1) is 15.0. The van der Waals surface area contributed by atoms with E-state index in [1.165, 1.54) is 6.07 Å². The number of nitro groups is 2. The Morgan fingerprint density at radius 3 is 2.27 bits per heavy atom. The third-order valence-corrected chi connectivity index (χ3v) is 2.75. The molecule has 0 bridgehead atoms. The minimum atomic E-state index is -0.743. The summed E-state index contributed by atoms with van der Waals surface area (Å²) in [6, 6.07) is 12.1. The third-order valence-electron chi connectivity index (χ3n) is 2.75. The monoisotopic (exact) mass is 298 g/mol. The first-order valence-corrected chi connectivity index (χ1v) is 6.08. The van der Waals surface area contributed by atoms with Crippen molar-refractivity contribution in [3.8, 4) is 0 Å². The van der Waals surface area contributed by atoms with Crippen molar-refractivity contribution in [1.29, 1.82) is 0 Å². The zero-order chi connectivity index (χ0) is 16.1. The van der Waals surface area contributed by atoms with E-state index in [9.17, 15) is 20.2 Å². The summed E-state index contributed by atoms with van der Waals surface area (Å²) in [7, 11) is 0. The average molecular weight is 298 g/mol. The summed E-state index contributed by atoms with van der Waals surface area (Å²) in [5.74, 6) is 0. The number of rotatable bonds is 5. The van der Waals surface area contributed by atoms with Gasteiger partial charge in [0.05, 0.1) is 21.6 Å². The van der Waals surface area contributed by atoms with Gasteiger partial charge in [-0.2, -0.15) is 5.11 Å². The lowest BCUT2D eigenvalue weighted by atomic mass is 10.2. The normalized spacial score (nSPS) is 10.5. The third kappa shape index (κ3) is 3.37. The maximum atomic E-state index is 11.0. The van der Waals surface area contributed by atoms with Gasteiger partial charge >= 0.3 is 5.69 Å². The Kier molecular flexibility index (Phi) is 4.33. The largest absolute Gasteiger partial charge is 0.303 e. The summed E-state index contributed by atoms with van der Waals surface area (Å²) >= 11 is 0. The second-order valence-electron chi connectivity index (χ2n) is 4.20. The zero-order valence-electron chi connectivity index (χ0n) is 11.2. The fourth-order valence-electron chi connectivity index (χ4n) is 1.66. The Hall–Kier alpha value is -3.42. The molecule has 8 heteroatoms. The van der Waals surface area contributed by atoms with Gasteiger partial charge in [-0.05, 0) is 6.07 Å². The summed E-state index contributed by atoms with van der Waals surface area (Å²) in [6.07, 6.45) is 0. The Morgan fingerprint density at radius 1 is 1.00 bits per heavy atom. The van der Waals surface area contributed by atoms with Gasteiger partial charge in [0.1, 0.15) is 0 Å². The molecule has 0 unspecified atom stereocenters. The first-order valence-electron chi connectivity index (χ1n) is 6.08. The van der Waals surface area contributed by atoms with Crippen LogP contribution in [0, 0.1) is 20.2 Å². The predicted octanol–water partition coefficient (Wildman–Crippen LogP) is 4.26. The van der Waals surface area contributed by atoms with Gasteiger partial charge in [0.2, 0.25) is 0 Å². The predicted molar refractivity (Wildman–Crippen MR) is 79.7 cm³/mol. The van der Waals surface area contributed by atoms with E-state index in [1.807, 2.05) is 6.07 Å². The van der Waals surface area contributed by atoms with Crippen LogP contribution >= 0.6 is 0 Å². The molecule has 0 saturated heterocycles. The second-order valence-corrected chi connectivity index (χ2v) is 4.20. The molecule has 0 aliphatic carbocycles. The molecule has 2 aromatic carbocycles. The molecule has 0 N–H and O–H groups in total. The van der Waals surface area contributed by atoms with Crippen molar-refractivity contribution in [2.75, 3.05) is 0 Å². The number of azo groups is 1. The number of nitrogens with zero attached hydrogens (tertiary/aromatic N) is 4. The maximum absolute atomic E-state index is 11.0. The lowest BCUT2D eigenvalue weighted by molar-refractivity contribution is -0.393. The standard InChI is InChI=1S/C14H10N4O4/c1-10(11-5-3-2-4-6-11)15-16-13-8-7-12(17(19)20)9-14(13)18(21)22/h2-9H,1H2. The maximum Gasteiger partial charge on any atom is 0.303 e. The number of hydrogen-bond donors (Lipinski definition) is 0. The second kappa shape index (κ2) is 6.35. The highest BCUT2D eigenvalue weighted by molar-refractivity contribution is 5.64. The molecular weight excluding hydrogens is 288 g/mol. The molecule has 0 aromatic heterocycles. The van der Waals surface area contributed by atoms with E-state index >= 15 is 0 Å². The smallest absolute Gasteiger partial charge is 0.258 e. The van der Waals surface area contributed by atoms with E-state index in [0.29, 0.717) is 5.70 Å². The van der Waals surface area contributed by atoms with Crippen LogP contribution in [0.1, 0.15) is 5.56 Å². The number of benzene rings is 2. The molecule has 0 atom stereocenters. The SMILES string of the molecule is C=C(N=Nc1ccc([N+](=O)[O-])cc1[N+](=O)[O-])c1ccccc1. The summed E-state index contributed by atoms with van der Waals surface area (Å²) in [4.78, 5) is 20.2. The molecule has 8 nitrogen and oxygen atoms in total. The van der Waals surface area contributed by atoms with Gasteiger partial charge in [0.25, 0.3) is 5.69 Å². The minimum Gasteiger partial charge on any atom is -0.258 e. The van der Waals surface area contributed by atoms with Gasteiger partial charge in [-0.25, -0.2) is 0 Å². The van der Waals surface area contributed by atoms with Crippen molar-refractivity contribution in [3.05, 3.63) is 80.9 Å². The molecule has 0 aliphatic heterocycles. The molecular formula is C14H10N4O4. The van der Waals surface area contributed by atoms with E-state index in [1.54, 1.807) is 24.3 Å². The van der Waals surface area contributed by atoms with Crippen molar-refractivity contribution >= 4 is 22.8 Å². The molecule has 0 saturated carbocycles. The summed E-state index contributed by atoms with van der Waals surface area (Å²) < 4.78 is 0. The fourth-order valence-corrected chi connectivity index (χ4v) is 1.66. The van der Waals surface area contributed by atoms with E-state index in [0.717, 1.165) is 17.7 Å². The molecule has 0 aliphatic rings. The molecule has 0 spiro atoms. The van der Waals surface area contributed by atoms with Crippen molar-refractivity contribution in [2.45, 2.75) is 0 Å². The van der Waals surface area contributed by atoms with Crippen molar-refractivity contribution in [2.24, 2.45) is 10.2 Å². The molecule has 0 heterocycles. The molecule has 2 aromatic rings. The van der Waals surface area contributed by atoms with Crippen LogP contribution in [-0.4, -0.2) is 9.85 Å². The minimum absolute atomic E-state index is 0.0762. The van der Waals surface area contributed by atoms with Crippen molar-refractivity contribution in [3.63, 3.8) is 0 Å². The van der Waals surface area contributed by atoms with Crippen LogP contribution < -0.4 is 0 Å². The molecule has 0 amide bonds. The average Bonchev–Trinajstić information content (AvgIpc) is 2.53. The molecule has 22 heavy (non-hydrogen) atoms. The van der Waals surface area contributed by atoms with E-state index < -0.39 is 15.5 Å². The van der Waals surface area contributed by atoms with Crippen molar-refractivity contribution in [1.82, 2.24) is 0 Å². The topological polar surface area (TPSA) is 111 Å². The van der Waals surface area contributed by atoms with Gasteiger partial charge in [-0.15, -0.1) is 5.11 Å². The Labute approximate surface area is 124 Å². The van der Waals surface area contributed by atoms with Gasteiger partial charge in [0, 0.05) is 11.6 Å². The highest BCUT2D eigenvalue weighted by Gasteiger charge is 2.19. The molecule has 0 fully saturated rings. The highest BCUT2D eigenvalue weighted by atomic mass is 16.6. The zero-order valence-corrected chi connectivity index (χ0v) is 11.2. The molecule has 2 rings (SSSR count). The number of nitro benzene ring substituents is 2. The van der Waals surface area contributed by atoms with Gasteiger partial charge in [-0.1, -0.05) is 36.9 Å². The van der Waals surface area contributed by atoms with Crippen LogP contribution in [0.15, 0.2) is 65.3 Å². The Balaban J connectivity index is 2.33. The summed E-state index contributed by atoms with van der Waals surface area (Å²) in [5, 5.41) is 29.2. The van der Waals surface area contributed by atoms with Gasteiger partial charge in [0.15, 0.2) is 5.69 Å².